The lowest BCUT2D eigenvalue weighted by Crippen LogP contribution is -2.26. The fourth-order valence-corrected chi connectivity index (χ4v) is 4.00. The molecule has 0 aliphatic carbocycles. The van der Waals surface area contributed by atoms with E-state index in [-0.39, 0.29) is 24.5 Å². The average molecular weight is 341 g/mol. The fourth-order valence-electron chi connectivity index (χ4n) is 1.44. The molecule has 0 aromatic carbocycles. The van der Waals surface area contributed by atoms with Gasteiger partial charge in [0.25, 0.3) is 0 Å². The van der Waals surface area contributed by atoms with Crippen LogP contribution < -0.4 is 0 Å². The van der Waals surface area contributed by atoms with Crippen LogP contribution >= 0.6 is 11.8 Å². The number of aliphatic carboxylic acids is 1. The first-order valence-corrected chi connectivity index (χ1v) is 10.1. The molecule has 0 aromatic heterocycles. The molecule has 0 aliphatic rings. The number of sulfone groups is 1. The Morgan fingerprint density at radius 3 is 2.52 bits per heavy atom. The Kier molecular flexibility index (Phi) is 12.1. The van der Waals surface area contributed by atoms with Crippen LogP contribution in [0.5, 0.6) is 0 Å². The molecule has 0 aromatic rings. The van der Waals surface area contributed by atoms with Gasteiger partial charge in [0, 0.05) is 18.8 Å². The van der Waals surface area contributed by atoms with E-state index in [0.717, 1.165) is 12.2 Å². The zero-order valence-corrected chi connectivity index (χ0v) is 14.5. The number of hydrogen-bond acceptors (Lipinski definition) is 6. The number of thioether (sulfide) groups is 1. The zero-order valence-electron chi connectivity index (χ0n) is 12.9. The van der Waals surface area contributed by atoms with Crippen LogP contribution in [0.3, 0.4) is 0 Å². The van der Waals surface area contributed by atoms with Gasteiger partial charge in [-0.05, 0) is 19.2 Å². The molecule has 0 radical (unpaired) electrons. The van der Waals surface area contributed by atoms with E-state index in [1.165, 1.54) is 0 Å². The Balaban J connectivity index is 3.58. The smallest absolute Gasteiger partial charge is 0.304 e. The van der Waals surface area contributed by atoms with Crippen LogP contribution in [0.4, 0.5) is 0 Å². The van der Waals surface area contributed by atoms with E-state index in [1.54, 1.807) is 11.8 Å². The van der Waals surface area contributed by atoms with Crippen molar-refractivity contribution >= 4 is 27.6 Å². The van der Waals surface area contributed by atoms with E-state index in [9.17, 15) is 13.2 Å². The minimum Gasteiger partial charge on any atom is -0.481 e. The fraction of sp³-hybridized carbons (Fsp3) is 0.923. The van der Waals surface area contributed by atoms with Crippen LogP contribution in [0.2, 0.25) is 0 Å². The van der Waals surface area contributed by atoms with E-state index in [0.29, 0.717) is 25.4 Å². The molecule has 0 rings (SSSR count). The average Bonchev–Trinajstić information content (AvgIpc) is 2.41. The molecular weight excluding hydrogens is 314 g/mol. The summed E-state index contributed by atoms with van der Waals surface area (Å²) >= 11 is 1.66. The highest BCUT2D eigenvalue weighted by molar-refractivity contribution is 8.00. The quantitative estimate of drug-likeness (QED) is 0.471. The maximum Gasteiger partial charge on any atom is 0.304 e. The lowest BCUT2D eigenvalue weighted by Gasteiger charge is -2.15. The van der Waals surface area contributed by atoms with Crippen molar-refractivity contribution in [3.05, 3.63) is 0 Å². The lowest BCUT2D eigenvalue weighted by atomic mass is 10.4. The highest BCUT2D eigenvalue weighted by Crippen LogP contribution is 2.04. The van der Waals surface area contributed by atoms with Gasteiger partial charge in [0.05, 0.1) is 31.1 Å². The molecule has 0 amide bonds. The van der Waals surface area contributed by atoms with Crippen molar-refractivity contribution in [1.29, 1.82) is 0 Å². The monoisotopic (exact) mass is 341 g/mol. The molecule has 8 heteroatoms. The van der Waals surface area contributed by atoms with E-state index >= 15 is 0 Å². The van der Waals surface area contributed by atoms with E-state index in [2.05, 4.69) is 6.92 Å². The predicted molar refractivity (Wildman–Crippen MR) is 86.8 cm³/mol. The summed E-state index contributed by atoms with van der Waals surface area (Å²) in [6, 6.07) is 0. The number of nitrogens with zero attached hydrogens (tertiary/aromatic N) is 1. The molecule has 0 heterocycles. The number of carboxylic acids is 1. The first kappa shape index (κ1) is 20.7. The molecule has 0 fully saturated rings. The van der Waals surface area contributed by atoms with Crippen LogP contribution in [0.15, 0.2) is 0 Å². The molecule has 1 N–H and O–H groups in total. The summed E-state index contributed by atoms with van der Waals surface area (Å²) in [6.45, 7) is 3.75. The zero-order chi connectivity index (χ0) is 16.1. The van der Waals surface area contributed by atoms with Gasteiger partial charge in [-0.1, -0.05) is 6.92 Å². The highest BCUT2D eigenvalue weighted by atomic mass is 32.2. The van der Waals surface area contributed by atoms with Gasteiger partial charge >= 0.3 is 5.97 Å². The van der Waals surface area contributed by atoms with Crippen LogP contribution in [0, 0.1) is 0 Å². The number of hydrogen-bond donors (Lipinski definition) is 1. The van der Waals surface area contributed by atoms with Gasteiger partial charge in [-0.2, -0.15) is 11.8 Å². The second-order valence-electron chi connectivity index (χ2n) is 4.82. The number of ether oxygens (including phenoxy) is 1. The summed E-state index contributed by atoms with van der Waals surface area (Å²) in [5, 5.41) is 8.54. The second kappa shape index (κ2) is 12.3. The third-order valence-corrected chi connectivity index (χ3v) is 5.81. The van der Waals surface area contributed by atoms with Crippen LogP contribution in [-0.4, -0.2) is 80.8 Å². The van der Waals surface area contributed by atoms with Crippen molar-refractivity contribution in [1.82, 2.24) is 4.90 Å². The summed E-state index contributed by atoms with van der Waals surface area (Å²) in [4.78, 5) is 12.2. The molecule has 21 heavy (non-hydrogen) atoms. The summed E-state index contributed by atoms with van der Waals surface area (Å²) in [6.07, 6.45) is 1.16. The minimum absolute atomic E-state index is 0.0541. The SMILES string of the molecule is CCCSCCS(=O)(=O)CCOCCN(C)CCC(=O)O. The molecule has 126 valence electrons. The highest BCUT2D eigenvalue weighted by Gasteiger charge is 2.10. The molecule has 0 spiro atoms. The van der Waals surface area contributed by atoms with E-state index in [4.69, 9.17) is 9.84 Å². The number of likely N-dealkylation sites (N-methyl/N-ethyl adjacent to an activating group) is 1. The van der Waals surface area contributed by atoms with Gasteiger partial charge < -0.3 is 14.7 Å². The third-order valence-electron chi connectivity index (χ3n) is 2.75. The van der Waals surface area contributed by atoms with Gasteiger partial charge in [0.1, 0.15) is 0 Å². The Morgan fingerprint density at radius 1 is 1.19 bits per heavy atom. The first-order chi connectivity index (χ1) is 9.87. The maximum atomic E-state index is 11.7. The second-order valence-corrected chi connectivity index (χ2v) is 8.35. The summed E-state index contributed by atoms with van der Waals surface area (Å²) in [7, 11) is -1.21. The molecule has 0 unspecified atom stereocenters. The van der Waals surface area contributed by atoms with E-state index in [1.807, 2.05) is 11.9 Å². The third kappa shape index (κ3) is 14.4. The van der Waals surface area contributed by atoms with Crippen molar-refractivity contribution in [2.45, 2.75) is 19.8 Å². The normalized spacial score (nSPS) is 12.0. The van der Waals surface area contributed by atoms with Crippen LogP contribution in [0.25, 0.3) is 0 Å². The first-order valence-electron chi connectivity index (χ1n) is 7.13. The van der Waals surface area contributed by atoms with Crippen molar-refractivity contribution in [3.8, 4) is 0 Å². The standard InChI is InChI=1S/C13H27NO5S2/c1-3-9-20-10-12-21(17,18)11-8-19-7-6-14(2)5-4-13(15)16/h3-12H2,1-2H3,(H,15,16). The van der Waals surface area contributed by atoms with Crippen molar-refractivity contribution in [2.75, 3.05) is 56.4 Å². The molecule has 0 atom stereocenters. The summed E-state index contributed by atoms with van der Waals surface area (Å²) in [5.74, 6) is 1.08. The summed E-state index contributed by atoms with van der Waals surface area (Å²) < 4.78 is 28.7. The Labute approximate surface area is 132 Å². The van der Waals surface area contributed by atoms with Gasteiger partial charge in [-0.3, -0.25) is 4.79 Å². The van der Waals surface area contributed by atoms with Crippen molar-refractivity contribution in [3.63, 3.8) is 0 Å². The Hall–Kier alpha value is -0.310. The molecule has 6 nitrogen and oxygen atoms in total. The van der Waals surface area contributed by atoms with Crippen LogP contribution in [-0.2, 0) is 19.4 Å². The summed E-state index contributed by atoms with van der Waals surface area (Å²) in [5.41, 5.74) is 0. The largest absolute Gasteiger partial charge is 0.481 e. The Morgan fingerprint density at radius 2 is 1.90 bits per heavy atom. The van der Waals surface area contributed by atoms with Crippen molar-refractivity contribution in [2.24, 2.45) is 0 Å². The molecular formula is C13H27NO5S2. The molecule has 0 saturated heterocycles. The number of carboxylic acid groups (broad SMARTS) is 1. The maximum absolute atomic E-state index is 11.7. The lowest BCUT2D eigenvalue weighted by molar-refractivity contribution is -0.137. The molecule has 0 aliphatic heterocycles. The predicted octanol–water partition coefficient (Wildman–Crippen LogP) is 0.968. The van der Waals surface area contributed by atoms with Crippen LogP contribution in [0.1, 0.15) is 19.8 Å². The Bertz CT molecular complexity index is 373. The number of carbonyl (C=O) groups is 1. The van der Waals surface area contributed by atoms with Gasteiger partial charge in [-0.15, -0.1) is 0 Å². The van der Waals surface area contributed by atoms with Crippen molar-refractivity contribution < 1.29 is 23.1 Å². The topological polar surface area (TPSA) is 83.9 Å². The number of rotatable bonds is 14. The van der Waals surface area contributed by atoms with Gasteiger partial charge in [0.2, 0.25) is 0 Å². The van der Waals surface area contributed by atoms with Gasteiger partial charge in [0.15, 0.2) is 9.84 Å². The minimum atomic E-state index is -3.02. The van der Waals surface area contributed by atoms with Gasteiger partial charge in [-0.25, -0.2) is 8.42 Å². The molecule has 0 saturated carbocycles. The van der Waals surface area contributed by atoms with E-state index < -0.39 is 15.8 Å². The molecule has 0 bridgehead atoms.